The van der Waals surface area contributed by atoms with E-state index in [2.05, 4.69) is 43.8 Å². The number of hydrogen-bond donors (Lipinski definition) is 1. The van der Waals surface area contributed by atoms with Gasteiger partial charge in [-0.25, -0.2) is 0 Å². The fraction of sp³-hybridized carbons (Fsp3) is 0.739. The topological polar surface area (TPSA) is 0 Å². The Morgan fingerprint density at radius 2 is 0.917 bits per heavy atom. The van der Waals surface area contributed by atoms with Gasteiger partial charge in [-0.3, -0.25) is 0 Å². The minimum Gasteiger partial charge on any atom is -0.175 e. The molecule has 1 rings (SSSR count). The lowest BCUT2D eigenvalue weighted by Crippen LogP contribution is -1.87. The van der Waals surface area contributed by atoms with Crippen LogP contribution < -0.4 is 0 Å². The molecule has 24 heavy (non-hydrogen) atoms. The molecule has 0 saturated carbocycles. The van der Waals surface area contributed by atoms with Gasteiger partial charge < -0.3 is 0 Å². The molecular formula is C23H40S. The van der Waals surface area contributed by atoms with Gasteiger partial charge in [0.05, 0.1) is 0 Å². The van der Waals surface area contributed by atoms with Gasteiger partial charge in [0.25, 0.3) is 0 Å². The second kappa shape index (κ2) is 16.1. The predicted octanol–water partition coefficient (Wildman–Crippen LogP) is 8.14. The molecule has 0 aliphatic heterocycles. The van der Waals surface area contributed by atoms with Crippen molar-refractivity contribution in [2.45, 2.75) is 109 Å². The maximum Gasteiger partial charge on any atom is 0.0154 e. The molecule has 0 heterocycles. The van der Waals surface area contributed by atoms with Crippen LogP contribution in [0.1, 0.15) is 108 Å². The van der Waals surface area contributed by atoms with Gasteiger partial charge in [0.2, 0.25) is 0 Å². The number of rotatable bonds is 16. The third-order valence-corrected chi connectivity index (χ3v) is 5.39. The molecule has 0 atom stereocenters. The molecule has 0 spiro atoms. The Hall–Kier alpha value is -0.430. The third-order valence-electron chi connectivity index (χ3n) is 5.02. The van der Waals surface area contributed by atoms with Gasteiger partial charge in [0.1, 0.15) is 0 Å². The molecule has 0 amide bonds. The molecular weight excluding hydrogens is 308 g/mol. The molecule has 0 radical (unpaired) electrons. The van der Waals surface area contributed by atoms with E-state index in [1.807, 2.05) is 0 Å². The van der Waals surface area contributed by atoms with Crippen LogP contribution in [0.4, 0.5) is 0 Å². The molecule has 1 heteroatoms. The number of aryl methyl sites for hydroxylation is 1. The highest BCUT2D eigenvalue weighted by molar-refractivity contribution is 7.79. The van der Waals surface area contributed by atoms with Gasteiger partial charge in [0, 0.05) is 5.75 Å². The second-order valence-electron chi connectivity index (χ2n) is 7.32. The van der Waals surface area contributed by atoms with E-state index < -0.39 is 0 Å². The fourth-order valence-electron chi connectivity index (χ4n) is 3.34. The summed E-state index contributed by atoms with van der Waals surface area (Å²) < 4.78 is 0. The lowest BCUT2D eigenvalue weighted by molar-refractivity contribution is 0.535. The van der Waals surface area contributed by atoms with Crippen LogP contribution in [-0.4, -0.2) is 0 Å². The zero-order valence-electron chi connectivity index (χ0n) is 16.1. The maximum absolute atomic E-state index is 4.31. The Bertz CT molecular complexity index is 368. The van der Waals surface area contributed by atoms with E-state index >= 15 is 0 Å². The molecule has 0 N–H and O–H groups in total. The lowest BCUT2D eigenvalue weighted by atomic mass is 10.0. The first-order valence-electron chi connectivity index (χ1n) is 10.6. The van der Waals surface area contributed by atoms with Crippen LogP contribution in [0, 0.1) is 0 Å². The van der Waals surface area contributed by atoms with Gasteiger partial charge in [-0.1, -0.05) is 115 Å². The molecule has 0 nitrogen and oxygen atoms in total. The Kier molecular flexibility index (Phi) is 14.5. The second-order valence-corrected chi connectivity index (χ2v) is 7.64. The van der Waals surface area contributed by atoms with Crippen LogP contribution in [0.25, 0.3) is 0 Å². The number of hydrogen-bond acceptors (Lipinski definition) is 1. The quantitative estimate of drug-likeness (QED) is 0.226. The molecule has 0 aliphatic carbocycles. The summed E-state index contributed by atoms with van der Waals surface area (Å²) in [4.78, 5) is 0. The highest BCUT2D eigenvalue weighted by Crippen LogP contribution is 2.14. The minimum atomic E-state index is 0.846. The van der Waals surface area contributed by atoms with Crippen molar-refractivity contribution in [1.29, 1.82) is 0 Å². The molecule has 0 aliphatic rings. The van der Waals surface area contributed by atoms with E-state index in [-0.39, 0.29) is 0 Å². The summed E-state index contributed by atoms with van der Waals surface area (Å²) in [7, 11) is 0. The first-order valence-corrected chi connectivity index (χ1v) is 11.2. The van der Waals surface area contributed by atoms with Crippen molar-refractivity contribution >= 4 is 12.6 Å². The highest BCUT2D eigenvalue weighted by Gasteiger charge is 1.96. The molecule has 0 unspecified atom stereocenters. The summed E-state index contributed by atoms with van der Waals surface area (Å²) in [5.74, 6) is 0.846. The zero-order chi connectivity index (χ0) is 17.3. The van der Waals surface area contributed by atoms with E-state index in [0.29, 0.717) is 0 Å². The SMILES string of the molecule is CCCCCCCCCCCCCCCCc1ccc(CS)cc1. The van der Waals surface area contributed by atoms with Crippen molar-refractivity contribution in [3.05, 3.63) is 35.4 Å². The van der Waals surface area contributed by atoms with Crippen molar-refractivity contribution in [2.24, 2.45) is 0 Å². The summed E-state index contributed by atoms with van der Waals surface area (Å²) in [5.41, 5.74) is 2.81. The summed E-state index contributed by atoms with van der Waals surface area (Å²) in [6.45, 7) is 2.29. The van der Waals surface area contributed by atoms with Crippen LogP contribution in [0.3, 0.4) is 0 Å². The number of unbranched alkanes of at least 4 members (excludes halogenated alkanes) is 13. The molecule has 0 fully saturated rings. The van der Waals surface area contributed by atoms with Crippen LogP contribution in [-0.2, 0) is 12.2 Å². The fourth-order valence-corrected chi connectivity index (χ4v) is 3.55. The van der Waals surface area contributed by atoms with Crippen molar-refractivity contribution in [1.82, 2.24) is 0 Å². The zero-order valence-corrected chi connectivity index (χ0v) is 17.0. The molecule has 1 aromatic carbocycles. The van der Waals surface area contributed by atoms with E-state index in [9.17, 15) is 0 Å². The monoisotopic (exact) mass is 348 g/mol. The summed E-state index contributed by atoms with van der Waals surface area (Å²) in [6, 6.07) is 8.97. The standard InChI is InChI=1S/C23H40S/c1-2-3-4-5-6-7-8-9-10-11-12-13-14-15-16-22-17-19-23(21-24)20-18-22/h17-20,24H,2-16,21H2,1H3. The van der Waals surface area contributed by atoms with Gasteiger partial charge in [-0.2, -0.15) is 12.6 Å². The van der Waals surface area contributed by atoms with Gasteiger partial charge in [-0.15, -0.1) is 0 Å². The summed E-state index contributed by atoms with van der Waals surface area (Å²) >= 11 is 4.31. The van der Waals surface area contributed by atoms with Crippen molar-refractivity contribution in [3.63, 3.8) is 0 Å². The Morgan fingerprint density at radius 3 is 1.33 bits per heavy atom. The van der Waals surface area contributed by atoms with Crippen LogP contribution >= 0.6 is 12.6 Å². The Balaban J connectivity index is 1.80. The smallest absolute Gasteiger partial charge is 0.0154 e. The molecule has 0 bridgehead atoms. The predicted molar refractivity (Wildman–Crippen MR) is 113 cm³/mol. The first-order chi connectivity index (χ1) is 11.9. The van der Waals surface area contributed by atoms with Gasteiger partial charge >= 0.3 is 0 Å². The third kappa shape index (κ3) is 12.0. The van der Waals surface area contributed by atoms with Crippen LogP contribution in [0.15, 0.2) is 24.3 Å². The van der Waals surface area contributed by atoms with Crippen molar-refractivity contribution in [3.8, 4) is 0 Å². The van der Waals surface area contributed by atoms with E-state index in [4.69, 9.17) is 0 Å². The average molecular weight is 349 g/mol. The van der Waals surface area contributed by atoms with Gasteiger partial charge in [0.15, 0.2) is 0 Å². The average Bonchev–Trinajstić information content (AvgIpc) is 2.62. The summed E-state index contributed by atoms with van der Waals surface area (Å²) in [5, 5.41) is 0. The number of benzene rings is 1. The normalized spacial score (nSPS) is 11.1. The Morgan fingerprint density at radius 1 is 0.542 bits per heavy atom. The molecule has 0 aromatic heterocycles. The van der Waals surface area contributed by atoms with E-state index in [1.54, 1.807) is 0 Å². The molecule has 0 saturated heterocycles. The first kappa shape index (κ1) is 21.6. The Labute approximate surface area is 157 Å². The van der Waals surface area contributed by atoms with Crippen LogP contribution in [0.2, 0.25) is 0 Å². The number of thiol groups is 1. The van der Waals surface area contributed by atoms with E-state index in [0.717, 1.165) is 5.75 Å². The largest absolute Gasteiger partial charge is 0.175 e. The van der Waals surface area contributed by atoms with Crippen molar-refractivity contribution < 1.29 is 0 Å². The van der Waals surface area contributed by atoms with Gasteiger partial charge in [-0.05, 0) is 24.0 Å². The molecule has 138 valence electrons. The van der Waals surface area contributed by atoms with Crippen LogP contribution in [0.5, 0.6) is 0 Å². The molecule has 1 aromatic rings. The highest BCUT2D eigenvalue weighted by atomic mass is 32.1. The van der Waals surface area contributed by atoms with E-state index in [1.165, 1.54) is 107 Å². The van der Waals surface area contributed by atoms with Crippen molar-refractivity contribution in [2.75, 3.05) is 0 Å². The lowest BCUT2D eigenvalue weighted by Gasteiger charge is -2.04. The summed E-state index contributed by atoms with van der Waals surface area (Å²) in [6.07, 6.45) is 21.3. The maximum atomic E-state index is 4.31. The minimum absolute atomic E-state index is 0.846.